The maximum atomic E-state index is 13.4. The summed E-state index contributed by atoms with van der Waals surface area (Å²) in [5.41, 5.74) is 3.63. The summed E-state index contributed by atoms with van der Waals surface area (Å²) in [6.07, 6.45) is 2.91. The van der Waals surface area contributed by atoms with Crippen LogP contribution in [0.25, 0.3) is 11.1 Å². The van der Waals surface area contributed by atoms with Crippen molar-refractivity contribution in [2.45, 2.75) is 42.9 Å². The molecule has 0 radical (unpaired) electrons. The molecule has 36 heavy (non-hydrogen) atoms. The van der Waals surface area contributed by atoms with Crippen molar-refractivity contribution in [1.29, 1.82) is 0 Å². The molecule has 0 aromatic heterocycles. The van der Waals surface area contributed by atoms with Gasteiger partial charge >= 0.3 is 0 Å². The van der Waals surface area contributed by atoms with Crippen LogP contribution in [0.5, 0.6) is 11.5 Å². The number of rotatable bonds is 10. The van der Waals surface area contributed by atoms with Crippen molar-refractivity contribution in [3.8, 4) is 22.6 Å². The average Bonchev–Trinajstić information content (AvgIpc) is 3.58. The van der Waals surface area contributed by atoms with Gasteiger partial charge in [-0.2, -0.15) is 0 Å². The molecule has 2 aliphatic rings. The number of ether oxygens (including phenoxy) is 2. The first kappa shape index (κ1) is 26.1. The molecule has 0 saturated heterocycles. The predicted octanol–water partition coefficient (Wildman–Crippen LogP) is 4.47. The third-order valence-electron chi connectivity index (χ3n) is 7.17. The summed E-state index contributed by atoms with van der Waals surface area (Å²) >= 11 is 0. The Hall–Kier alpha value is -3.00. The highest BCUT2D eigenvalue weighted by Gasteiger charge is 2.50. The van der Waals surface area contributed by atoms with Gasteiger partial charge in [-0.3, -0.25) is 9.00 Å². The van der Waals surface area contributed by atoms with Crippen molar-refractivity contribution in [3.63, 3.8) is 0 Å². The van der Waals surface area contributed by atoms with Crippen molar-refractivity contribution in [1.82, 2.24) is 0 Å². The van der Waals surface area contributed by atoms with Crippen molar-refractivity contribution < 1.29 is 30.5 Å². The van der Waals surface area contributed by atoms with Gasteiger partial charge in [-0.05, 0) is 65.3 Å². The summed E-state index contributed by atoms with van der Waals surface area (Å²) in [6, 6.07) is 21.7. The van der Waals surface area contributed by atoms with Crippen LogP contribution in [0.4, 0.5) is 0 Å². The first-order valence-corrected chi connectivity index (χ1v) is 13.5. The minimum atomic E-state index is -1.13. The Morgan fingerprint density at radius 2 is 1.78 bits per heavy atom. The molecule has 6 nitrogen and oxygen atoms in total. The van der Waals surface area contributed by atoms with E-state index >= 15 is 0 Å². The molecule has 3 aromatic carbocycles. The molecule has 0 spiro atoms. The summed E-state index contributed by atoms with van der Waals surface area (Å²) in [5, 5.41) is 9.39. The topological polar surface area (TPSA) is 104 Å². The molecule has 192 valence electrons. The Bertz CT molecular complexity index is 1250. The minimum absolute atomic E-state index is 0. The SMILES string of the molecule is CC[C@@H](CO)CS(=O)c1ccc(-c2cccc(CC(=O)C3(c4ccc5c(c4)OCO5)CC3)c2)cc1.O.[HH]. The Morgan fingerprint density at radius 3 is 2.47 bits per heavy atom. The predicted molar refractivity (Wildman–Crippen MR) is 142 cm³/mol. The summed E-state index contributed by atoms with van der Waals surface area (Å²) in [5.74, 6) is 2.20. The van der Waals surface area contributed by atoms with Crippen LogP contribution in [-0.2, 0) is 27.4 Å². The number of carbonyl (C=O) groups is 1. The molecule has 1 aliphatic carbocycles. The highest BCUT2D eigenvalue weighted by molar-refractivity contribution is 7.85. The molecule has 1 fully saturated rings. The van der Waals surface area contributed by atoms with Gasteiger partial charge in [0.1, 0.15) is 5.78 Å². The van der Waals surface area contributed by atoms with Crippen LogP contribution in [0.15, 0.2) is 71.6 Å². The van der Waals surface area contributed by atoms with Crippen LogP contribution in [-0.4, -0.2) is 39.7 Å². The molecule has 3 aromatic rings. The maximum Gasteiger partial charge on any atom is 0.231 e. The van der Waals surface area contributed by atoms with Gasteiger partial charge in [-0.25, -0.2) is 0 Å². The van der Waals surface area contributed by atoms with Crippen molar-refractivity contribution in [2.75, 3.05) is 19.2 Å². The van der Waals surface area contributed by atoms with Crippen molar-refractivity contribution in [2.24, 2.45) is 5.92 Å². The second kappa shape index (κ2) is 10.9. The maximum absolute atomic E-state index is 13.4. The Kier molecular flexibility index (Phi) is 7.93. The van der Waals surface area contributed by atoms with Gasteiger partial charge in [-0.15, -0.1) is 0 Å². The van der Waals surface area contributed by atoms with E-state index in [0.29, 0.717) is 12.2 Å². The van der Waals surface area contributed by atoms with Crippen LogP contribution in [0.3, 0.4) is 0 Å². The molecule has 0 bridgehead atoms. The molecule has 1 unspecified atom stereocenters. The molecule has 3 N–H and O–H groups in total. The van der Waals surface area contributed by atoms with Gasteiger partial charge in [0.2, 0.25) is 6.79 Å². The molecule has 1 saturated carbocycles. The van der Waals surface area contributed by atoms with Gasteiger partial charge in [0.15, 0.2) is 11.5 Å². The number of aliphatic hydroxyl groups is 1. The fourth-order valence-corrected chi connectivity index (χ4v) is 6.07. The fourth-order valence-electron chi connectivity index (χ4n) is 4.67. The lowest BCUT2D eigenvalue weighted by Crippen LogP contribution is -2.22. The molecule has 2 atom stereocenters. The lowest BCUT2D eigenvalue weighted by molar-refractivity contribution is -0.120. The number of benzene rings is 3. The molecule has 7 heteroatoms. The number of ketones is 1. The Morgan fingerprint density at radius 1 is 1.03 bits per heavy atom. The zero-order chi connectivity index (χ0) is 24.4. The van der Waals surface area contributed by atoms with E-state index in [1.54, 1.807) is 0 Å². The highest BCUT2D eigenvalue weighted by Crippen LogP contribution is 2.51. The lowest BCUT2D eigenvalue weighted by Gasteiger charge is -2.16. The van der Waals surface area contributed by atoms with Gasteiger partial charge in [-0.1, -0.05) is 55.8 Å². The Balaban J connectivity index is 0.00000190. The van der Waals surface area contributed by atoms with E-state index in [1.165, 1.54) is 0 Å². The van der Waals surface area contributed by atoms with Crippen LogP contribution < -0.4 is 9.47 Å². The zero-order valence-electron chi connectivity index (χ0n) is 20.4. The fraction of sp³-hybridized carbons (Fsp3) is 0.345. The summed E-state index contributed by atoms with van der Waals surface area (Å²) in [7, 11) is -1.13. The smallest absolute Gasteiger partial charge is 0.231 e. The van der Waals surface area contributed by atoms with E-state index < -0.39 is 16.2 Å². The molecule has 0 amide bonds. The Labute approximate surface area is 215 Å². The van der Waals surface area contributed by atoms with Gasteiger partial charge in [0.05, 0.1) is 16.2 Å². The van der Waals surface area contributed by atoms with Crippen LogP contribution >= 0.6 is 0 Å². The number of hydrogen-bond acceptors (Lipinski definition) is 5. The van der Waals surface area contributed by atoms with Crippen LogP contribution in [0, 0.1) is 5.92 Å². The molecule has 1 aliphatic heterocycles. The third-order valence-corrected chi connectivity index (χ3v) is 8.75. The minimum Gasteiger partial charge on any atom is -0.454 e. The second-order valence-electron chi connectivity index (χ2n) is 9.44. The van der Waals surface area contributed by atoms with E-state index in [1.807, 2.05) is 67.6 Å². The van der Waals surface area contributed by atoms with Gasteiger partial charge in [0, 0.05) is 25.1 Å². The van der Waals surface area contributed by atoms with E-state index in [4.69, 9.17) is 9.47 Å². The quantitative estimate of drug-likeness (QED) is 0.433. The molecule has 1 heterocycles. The standard InChI is InChI=1S/C29H30O5S.H2O.H2/c1-2-20(17-30)18-35(32)25-9-6-22(7-10-25)23-5-3-4-21(14-23)15-28(31)29(12-13-29)24-8-11-26-27(16-24)34-19-33-26;;/h3-11,14,16,20,30H,2,12-13,15,17-19H2,1H3;1H2;1H/t20-,35?;;/m0../s1. The monoisotopic (exact) mass is 510 g/mol. The van der Waals surface area contributed by atoms with E-state index in [2.05, 4.69) is 6.07 Å². The van der Waals surface area contributed by atoms with Crippen LogP contribution in [0.2, 0.25) is 0 Å². The number of aliphatic hydroxyl groups excluding tert-OH is 1. The second-order valence-corrected chi connectivity index (χ2v) is 10.9. The van der Waals surface area contributed by atoms with Gasteiger partial charge < -0.3 is 20.1 Å². The highest BCUT2D eigenvalue weighted by atomic mass is 32.2. The largest absolute Gasteiger partial charge is 0.454 e. The van der Waals surface area contributed by atoms with E-state index in [9.17, 15) is 14.1 Å². The normalized spacial score (nSPS) is 16.6. The third kappa shape index (κ3) is 5.24. The first-order valence-electron chi connectivity index (χ1n) is 12.1. The lowest BCUT2D eigenvalue weighted by atomic mass is 9.87. The zero-order valence-corrected chi connectivity index (χ0v) is 21.2. The van der Waals surface area contributed by atoms with Gasteiger partial charge in [0.25, 0.3) is 0 Å². The first-order chi connectivity index (χ1) is 17.0. The summed E-state index contributed by atoms with van der Waals surface area (Å²) in [4.78, 5) is 14.1. The number of carbonyl (C=O) groups excluding carboxylic acids is 1. The average molecular weight is 511 g/mol. The summed E-state index contributed by atoms with van der Waals surface area (Å²) < 4.78 is 23.5. The van der Waals surface area contributed by atoms with Crippen LogP contribution in [0.1, 0.15) is 38.7 Å². The number of Topliss-reactive ketones (excluding diaryl/α,β-unsaturated/α-hetero) is 1. The van der Waals surface area contributed by atoms with E-state index in [-0.39, 0.29) is 32.0 Å². The molecular weight excluding hydrogens is 476 g/mol. The molecule has 5 rings (SSSR count). The molecular formula is C29H34O6S. The number of hydrogen-bond donors (Lipinski definition) is 1. The van der Waals surface area contributed by atoms with Crippen molar-refractivity contribution in [3.05, 3.63) is 77.9 Å². The summed E-state index contributed by atoms with van der Waals surface area (Å²) in [6.45, 7) is 2.28. The number of fused-ring (bicyclic) bond motifs is 1. The van der Waals surface area contributed by atoms with E-state index in [0.717, 1.165) is 57.9 Å². The van der Waals surface area contributed by atoms with Crippen molar-refractivity contribution >= 4 is 16.6 Å².